The summed E-state index contributed by atoms with van der Waals surface area (Å²) < 4.78 is 0. The molecule has 0 aliphatic carbocycles. The van der Waals surface area contributed by atoms with E-state index in [2.05, 4.69) is 26.1 Å². The van der Waals surface area contributed by atoms with Gasteiger partial charge in [0.15, 0.2) is 0 Å². The number of allylic oxidation sites excluding steroid dienone is 1. The summed E-state index contributed by atoms with van der Waals surface area (Å²) in [5.41, 5.74) is 3.42. The van der Waals surface area contributed by atoms with Crippen LogP contribution in [0.5, 0.6) is 0 Å². The van der Waals surface area contributed by atoms with Gasteiger partial charge in [-0.05, 0) is 41.5 Å². The normalized spacial score (nSPS) is 16.4. The summed E-state index contributed by atoms with van der Waals surface area (Å²) in [6.45, 7) is 1.74. The van der Waals surface area contributed by atoms with Crippen molar-refractivity contribution in [1.82, 2.24) is 20.8 Å². The van der Waals surface area contributed by atoms with Gasteiger partial charge in [0.2, 0.25) is 0 Å². The number of amides is 3. The summed E-state index contributed by atoms with van der Waals surface area (Å²) in [6.07, 6.45) is 1.71. The molecule has 1 atom stereocenters. The van der Waals surface area contributed by atoms with Gasteiger partial charge in [0, 0.05) is 16.8 Å². The van der Waals surface area contributed by atoms with Crippen LogP contribution in [0.3, 0.4) is 0 Å². The summed E-state index contributed by atoms with van der Waals surface area (Å²) in [6, 6.07) is 18.4. The first-order chi connectivity index (χ1) is 14.6. The van der Waals surface area contributed by atoms with Gasteiger partial charge in [-0.3, -0.25) is 9.89 Å². The quantitative estimate of drug-likeness (QED) is 0.421. The molecule has 1 aliphatic rings. The number of aromatic amines is 1. The van der Waals surface area contributed by atoms with Crippen molar-refractivity contribution < 1.29 is 9.59 Å². The molecule has 3 aromatic carbocycles. The highest BCUT2D eigenvalue weighted by Crippen LogP contribution is 2.32. The number of fused-ring (bicyclic) bond motifs is 2. The van der Waals surface area contributed by atoms with Gasteiger partial charge >= 0.3 is 6.03 Å². The number of anilines is 1. The van der Waals surface area contributed by atoms with Crippen molar-refractivity contribution in [3.05, 3.63) is 83.7 Å². The summed E-state index contributed by atoms with van der Waals surface area (Å²) >= 11 is 0. The van der Waals surface area contributed by atoms with E-state index in [1.165, 1.54) is 0 Å². The molecule has 7 heteroatoms. The lowest BCUT2D eigenvalue weighted by molar-refractivity contribution is -0.113. The number of carbonyl (C=O) groups excluding carboxylic acids is 2. The molecule has 0 saturated heterocycles. The number of aromatic nitrogens is 2. The molecular weight excluding hydrogens is 378 g/mol. The van der Waals surface area contributed by atoms with Gasteiger partial charge < -0.3 is 16.0 Å². The van der Waals surface area contributed by atoms with Crippen LogP contribution in [0.4, 0.5) is 10.5 Å². The summed E-state index contributed by atoms with van der Waals surface area (Å²) in [5, 5.41) is 18.4. The molecule has 4 aromatic rings. The molecule has 1 aromatic heterocycles. The van der Waals surface area contributed by atoms with Gasteiger partial charge in [-0.2, -0.15) is 5.10 Å². The summed E-state index contributed by atoms with van der Waals surface area (Å²) in [7, 11) is 0. The van der Waals surface area contributed by atoms with Crippen LogP contribution in [0.1, 0.15) is 18.5 Å². The monoisotopic (exact) mass is 397 g/mol. The number of hydrogen-bond donors (Lipinski definition) is 4. The van der Waals surface area contributed by atoms with Gasteiger partial charge in [-0.15, -0.1) is 0 Å². The minimum atomic E-state index is -0.567. The number of nitrogens with zero attached hydrogens (tertiary/aromatic N) is 1. The molecule has 0 radical (unpaired) electrons. The first-order valence-corrected chi connectivity index (χ1v) is 9.60. The highest BCUT2D eigenvalue weighted by Gasteiger charge is 2.32. The molecule has 1 aliphatic heterocycles. The van der Waals surface area contributed by atoms with Gasteiger partial charge in [0.25, 0.3) is 5.91 Å². The largest absolute Gasteiger partial charge is 0.327 e. The number of H-pyrrole nitrogens is 1. The first kappa shape index (κ1) is 17.9. The van der Waals surface area contributed by atoms with E-state index in [1.54, 1.807) is 13.1 Å². The first-order valence-electron chi connectivity index (χ1n) is 9.60. The molecule has 5 rings (SSSR count). The lowest BCUT2D eigenvalue weighted by Crippen LogP contribution is -2.46. The van der Waals surface area contributed by atoms with Crippen molar-refractivity contribution in [3.63, 3.8) is 0 Å². The van der Waals surface area contributed by atoms with Crippen LogP contribution in [0, 0.1) is 0 Å². The van der Waals surface area contributed by atoms with Gasteiger partial charge in [-0.25, -0.2) is 4.79 Å². The Labute approximate surface area is 172 Å². The number of carbonyl (C=O) groups is 2. The zero-order valence-corrected chi connectivity index (χ0v) is 16.2. The molecular formula is C23H19N5O2. The maximum atomic E-state index is 13.3. The molecule has 148 valence electrons. The average molecular weight is 397 g/mol. The molecule has 7 nitrogen and oxygen atoms in total. The second-order valence-electron chi connectivity index (χ2n) is 7.26. The van der Waals surface area contributed by atoms with E-state index in [0.717, 1.165) is 27.2 Å². The Morgan fingerprint density at radius 3 is 2.77 bits per heavy atom. The van der Waals surface area contributed by atoms with E-state index in [0.29, 0.717) is 17.0 Å². The number of hydrogen-bond acceptors (Lipinski definition) is 3. The third-order valence-corrected chi connectivity index (χ3v) is 5.35. The lowest BCUT2D eigenvalue weighted by Gasteiger charge is -2.29. The van der Waals surface area contributed by atoms with E-state index in [4.69, 9.17) is 0 Å². The Morgan fingerprint density at radius 2 is 1.87 bits per heavy atom. The molecule has 3 amide bonds. The number of nitrogens with one attached hydrogen (secondary N) is 4. The zero-order chi connectivity index (χ0) is 20.7. The minimum Gasteiger partial charge on any atom is -0.327 e. The van der Waals surface area contributed by atoms with E-state index in [9.17, 15) is 9.59 Å². The van der Waals surface area contributed by atoms with Gasteiger partial charge in [-0.1, -0.05) is 42.5 Å². The molecule has 4 N–H and O–H groups in total. The number of urea groups is 1. The predicted molar refractivity (Wildman–Crippen MR) is 116 cm³/mol. The van der Waals surface area contributed by atoms with E-state index >= 15 is 0 Å². The Balaban J connectivity index is 1.55. The summed E-state index contributed by atoms with van der Waals surface area (Å²) in [4.78, 5) is 25.5. The third-order valence-electron chi connectivity index (χ3n) is 5.35. The van der Waals surface area contributed by atoms with Crippen molar-refractivity contribution in [2.75, 3.05) is 5.32 Å². The van der Waals surface area contributed by atoms with Crippen LogP contribution in [-0.4, -0.2) is 22.1 Å². The Bertz CT molecular complexity index is 1330. The highest BCUT2D eigenvalue weighted by atomic mass is 16.2. The second-order valence-corrected chi connectivity index (χ2v) is 7.26. The van der Waals surface area contributed by atoms with Crippen molar-refractivity contribution in [3.8, 4) is 0 Å². The van der Waals surface area contributed by atoms with Crippen molar-refractivity contribution in [2.24, 2.45) is 0 Å². The van der Waals surface area contributed by atoms with Crippen LogP contribution in [0.2, 0.25) is 0 Å². The fourth-order valence-corrected chi connectivity index (χ4v) is 3.95. The van der Waals surface area contributed by atoms with Crippen LogP contribution in [0.15, 0.2) is 78.1 Å². The van der Waals surface area contributed by atoms with Crippen molar-refractivity contribution in [2.45, 2.75) is 13.0 Å². The molecule has 0 bridgehead atoms. The third kappa shape index (κ3) is 3.06. The summed E-state index contributed by atoms with van der Waals surface area (Å²) in [5.74, 6) is -0.277. The smallest absolute Gasteiger partial charge is 0.319 e. The fourth-order valence-electron chi connectivity index (χ4n) is 3.95. The van der Waals surface area contributed by atoms with E-state index in [1.807, 2.05) is 60.7 Å². The van der Waals surface area contributed by atoms with E-state index in [-0.39, 0.29) is 11.9 Å². The Morgan fingerprint density at radius 1 is 1.03 bits per heavy atom. The second kappa shape index (κ2) is 7.04. The van der Waals surface area contributed by atoms with Crippen LogP contribution < -0.4 is 16.0 Å². The van der Waals surface area contributed by atoms with Crippen molar-refractivity contribution in [1.29, 1.82) is 0 Å². The van der Waals surface area contributed by atoms with Gasteiger partial charge in [0.05, 0.1) is 23.3 Å². The van der Waals surface area contributed by atoms with Crippen LogP contribution in [0.25, 0.3) is 21.7 Å². The minimum absolute atomic E-state index is 0.277. The maximum absolute atomic E-state index is 13.3. The van der Waals surface area contributed by atoms with E-state index < -0.39 is 6.04 Å². The average Bonchev–Trinajstić information content (AvgIpc) is 3.20. The fraction of sp³-hybridized carbons (Fsp3) is 0.0870. The topological polar surface area (TPSA) is 98.9 Å². The SMILES string of the molecule is CC1=C(C(=O)Nc2ccc3[nH]ncc3c2)C(c2cccc3ccccc23)NC(=O)N1. The van der Waals surface area contributed by atoms with Crippen molar-refractivity contribution >= 4 is 39.3 Å². The molecule has 2 heterocycles. The molecule has 1 unspecified atom stereocenters. The van der Waals surface area contributed by atoms with Gasteiger partial charge in [0.1, 0.15) is 0 Å². The number of benzene rings is 3. The maximum Gasteiger partial charge on any atom is 0.319 e. The Hall–Kier alpha value is -4.13. The molecule has 0 saturated carbocycles. The Kier molecular flexibility index (Phi) is 4.21. The van der Waals surface area contributed by atoms with Crippen LogP contribution in [-0.2, 0) is 4.79 Å². The lowest BCUT2D eigenvalue weighted by atomic mass is 9.91. The molecule has 0 fully saturated rings. The predicted octanol–water partition coefficient (Wildman–Crippen LogP) is 3.98. The standard InChI is InChI=1S/C23H19N5O2/c1-13-20(22(29)26-16-9-10-19-15(11-16)12-24-28-19)21(27-23(30)25-13)18-8-4-6-14-5-2-3-7-17(14)18/h2-12,21H,1H3,(H,24,28)(H,26,29)(H2,25,27,30). The number of rotatable bonds is 3. The zero-order valence-electron chi connectivity index (χ0n) is 16.2. The molecule has 0 spiro atoms. The molecule has 30 heavy (non-hydrogen) atoms. The highest BCUT2D eigenvalue weighted by molar-refractivity contribution is 6.08. The van der Waals surface area contributed by atoms with Crippen LogP contribution >= 0.6 is 0 Å².